The van der Waals surface area contributed by atoms with E-state index < -0.39 is 11.4 Å². The normalized spacial score (nSPS) is 18.0. The maximum absolute atomic E-state index is 12.1. The molecule has 22 heavy (non-hydrogen) atoms. The summed E-state index contributed by atoms with van der Waals surface area (Å²) in [6.07, 6.45) is 5.48. The molecule has 1 aromatic carbocycles. The highest BCUT2D eigenvalue weighted by molar-refractivity contribution is 5.83. The maximum atomic E-state index is 12.1. The lowest BCUT2D eigenvalue weighted by Crippen LogP contribution is -2.38. The summed E-state index contributed by atoms with van der Waals surface area (Å²) in [5, 5.41) is 9.96. The van der Waals surface area contributed by atoms with Crippen LogP contribution in [0.3, 0.4) is 0 Å². The quantitative estimate of drug-likeness (QED) is 0.860. The molecular formula is C19H28O3. The van der Waals surface area contributed by atoms with Crippen molar-refractivity contribution in [2.24, 2.45) is 0 Å². The molecule has 3 heteroatoms. The molecule has 1 N–H and O–H groups in total. The Bertz CT molecular complexity index is 540. The fourth-order valence-electron chi connectivity index (χ4n) is 3.46. The van der Waals surface area contributed by atoms with Crippen molar-refractivity contribution in [1.82, 2.24) is 0 Å². The van der Waals surface area contributed by atoms with E-state index in [9.17, 15) is 9.90 Å². The Labute approximate surface area is 133 Å². The van der Waals surface area contributed by atoms with E-state index in [1.54, 1.807) is 7.11 Å². The fourth-order valence-corrected chi connectivity index (χ4v) is 3.46. The zero-order valence-corrected chi connectivity index (χ0v) is 14.2. The average molecular weight is 304 g/mol. The number of methoxy groups -OCH3 is 1. The Morgan fingerprint density at radius 2 is 1.91 bits per heavy atom. The van der Waals surface area contributed by atoms with Gasteiger partial charge in [-0.25, -0.2) is 0 Å². The van der Waals surface area contributed by atoms with Crippen molar-refractivity contribution in [3.63, 3.8) is 0 Å². The van der Waals surface area contributed by atoms with Crippen LogP contribution in [0.2, 0.25) is 0 Å². The van der Waals surface area contributed by atoms with Gasteiger partial charge in [-0.2, -0.15) is 0 Å². The summed E-state index contributed by atoms with van der Waals surface area (Å²) >= 11 is 0. The van der Waals surface area contributed by atoms with Gasteiger partial charge in [0, 0.05) is 5.56 Å². The van der Waals surface area contributed by atoms with Gasteiger partial charge in [0.05, 0.1) is 12.5 Å². The lowest BCUT2D eigenvalue weighted by Gasteiger charge is -2.36. The van der Waals surface area contributed by atoms with Crippen LogP contribution in [-0.4, -0.2) is 18.2 Å². The number of ether oxygens (including phenoxy) is 1. The maximum Gasteiger partial charge on any atom is 0.314 e. The summed E-state index contributed by atoms with van der Waals surface area (Å²) in [5.41, 5.74) is 1.30. The molecule has 0 atom stereocenters. The third-order valence-corrected chi connectivity index (χ3v) is 5.50. The highest BCUT2D eigenvalue weighted by Gasteiger charge is 2.43. The lowest BCUT2D eigenvalue weighted by atomic mass is 9.68. The van der Waals surface area contributed by atoms with Gasteiger partial charge >= 0.3 is 5.97 Å². The van der Waals surface area contributed by atoms with E-state index in [-0.39, 0.29) is 5.41 Å². The van der Waals surface area contributed by atoms with Crippen molar-refractivity contribution in [2.45, 2.75) is 70.1 Å². The van der Waals surface area contributed by atoms with Crippen LogP contribution in [0.15, 0.2) is 18.2 Å². The van der Waals surface area contributed by atoms with Crippen LogP contribution in [-0.2, 0) is 15.6 Å². The third kappa shape index (κ3) is 2.86. The number of rotatable bonds is 5. The minimum Gasteiger partial charge on any atom is -0.496 e. The average Bonchev–Trinajstić information content (AvgIpc) is 2.54. The summed E-state index contributed by atoms with van der Waals surface area (Å²) in [5.74, 6) is -0.00286. The molecule has 0 spiro atoms. The monoisotopic (exact) mass is 304 g/mol. The van der Waals surface area contributed by atoms with Gasteiger partial charge in [0.15, 0.2) is 0 Å². The van der Waals surface area contributed by atoms with Crippen LogP contribution in [0.25, 0.3) is 0 Å². The van der Waals surface area contributed by atoms with Crippen LogP contribution in [0.5, 0.6) is 5.75 Å². The van der Waals surface area contributed by atoms with Crippen LogP contribution < -0.4 is 4.74 Å². The van der Waals surface area contributed by atoms with Gasteiger partial charge in [-0.1, -0.05) is 52.2 Å². The van der Waals surface area contributed by atoms with E-state index in [2.05, 4.69) is 32.9 Å². The van der Waals surface area contributed by atoms with Gasteiger partial charge < -0.3 is 9.84 Å². The summed E-state index contributed by atoms with van der Waals surface area (Å²) < 4.78 is 5.51. The Balaban J connectivity index is 2.60. The molecule has 0 amide bonds. The van der Waals surface area contributed by atoms with Gasteiger partial charge in [-0.15, -0.1) is 0 Å². The summed E-state index contributed by atoms with van der Waals surface area (Å²) in [6, 6.07) is 6.10. The van der Waals surface area contributed by atoms with Gasteiger partial charge in [-0.05, 0) is 36.3 Å². The predicted octanol–water partition coefficient (Wildman–Crippen LogP) is 4.67. The van der Waals surface area contributed by atoms with Crippen LogP contribution in [0.4, 0.5) is 0 Å². The molecule has 1 fully saturated rings. The van der Waals surface area contributed by atoms with Crippen LogP contribution in [0.1, 0.15) is 70.4 Å². The SMILES string of the molecule is CCC(C)(C)c1ccc(OC)c(C2(C(=O)O)CCCCC2)c1. The molecule has 0 radical (unpaired) electrons. The van der Waals surface area contributed by atoms with Gasteiger partial charge in [0.1, 0.15) is 5.75 Å². The van der Waals surface area contributed by atoms with E-state index in [4.69, 9.17) is 4.74 Å². The number of hydrogen-bond acceptors (Lipinski definition) is 2. The van der Waals surface area contributed by atoms with Crippen LogP contribution in [0, 0.1) is 0 Å². The molecule has 0 unspecified atom stereocenters. The molecule has 1 aliphatic carbocycles. The molecule has 0 saturated heterocycles. The first-order chi connectivity index (χ1) is 10.4. The largest absolute Gasteiger partial charge is 0.496 e. The Morgan fingerprint density at radius 1 is 1.27 bits per heavy atom. The lowest BCUT2D eigenvalue weighted by molar-refractivity contribution is -0.145. The first kappa shape index (κ1) is 16.9. The minimum atomic E-state index is -0.788. The number of hydrogen-bond donors (Lipinski definition) is 1. The molecule has 3 nitrogen and oxygen atoms in total. The van der Waals surface area contributed by atoms with Gasteiger partial charge in [-0.3, -0.25) is 4.79 Å². The van der Waals surface area contributed by atoms with Crippen LogP contribution >= 0.6 is 0 Å². The molecule has 1 aliphatic rings. The molecule has 1 aromatic rings. The van der Waals surface area contributed by atoms with Crippen molar-refractivity contribution in [2.75, 3.05) is 7.11 Å². The molecule has 2 rings (SSSR count). The minimum absolute atomic E-state index is 0.0371. The number of carbonyl (C=O) groups is 1. The Kier molecular flexibility index (Phi) is 4.84. The number of carboxylic acids is 1. The highest BCUT2D eigenvalue weighted by Crippen LogP contribution is 2.45. The van der Waals surface area contributed by atoms with Crippen molar-refractivity contribution in [3.05, 3.63) is 29.3 Å². The summed E-state index contributed by atoms with van der Waals surface area (Å²) in [7, 11) is 1.63. The standard InChI is InChI=1S/C19H28O3/c1-5-18(2,3)14-9-10-16(22-4)15(13-14)19(17(20)21)11-7-6-8-12-19/h9-10,13H,5-8,11-12H2,1-4H3,(H,20,21). The fraction of sp³-hybridized carbons (Fsp3) is 0.632. The molecule has 1 saturated carbocycles. The van der Waals surface area contributed by atoms with E-state index in [1.807, 2.05) is 6.07 Å². The van der Waals surface area contributed by atoms with Gasteiger partial charge in [0.2, 0.25) is 0 Å². The number of benzene rings is 1. The number of aliphatic carboxylic acids is 1. The van der Waals surface area contributed by atoms with E-state index in [1.165, 1.54) is 5.56 Å². The second-order valence-electron chi connectivity index (χ2n) is 7.10. The Morgan fingerprint density at radius 3 is 2.41 bits per heavy atom. The van der Waals surface area contributed by atoms with Crippen molar-refractivity contribution < 1.29 is 14.6 Å². The first-order valence-electron chi connectivity index (χ1n) is 8.30. The third-order valence-electron chi connectivity index (χ3n) is 5.50. The van der Waals surface area contributed by atoms with E-state index in [0.29, 0.717) is 18.6 Å². The second kappa shape index (κ2) is 6.31. The molecule has 122 valence electrons. The molecule has 0 aromatic heterocycles. The zero-order valence-electron chi connectivity index (χ0n) is 14.2. The van der Waals surface area contributed by atoms with Crippen molar-refractivity contribution in [1.29, 1.82) is 0 Å². The molecule has 0 heterocycles. The Hall–Kier alpha value is -1.51. The topological polar surface area (TPSA) is 46.5 Å². The highest BCUT2D eigenvalue weighted by atomic mass is 16.5. The summed E-state index contributed by atoms with van der Waals surface area (Å²) in [6.45, 7) is 6.57. The first-order valence-corrected chi connectivity index (χ1v) is 8.30. The van der Waals surface area contributed by atoms with E-state index in [0.717, 1.165) is 31.2 Å². The van der Waals surface area contributed by atoms with Crippen molar-refractivity contribution in [3.8, 4) is 5.75 Å². The smallest absolute Gasteiger partial charge is 0.314 e. The molecule has 0 aliphatic heterocycles. The van der Waals surface area contributed by atoms with E-state index >= 15 is 0 Å². The second-order valence-corrected chi connectivity index (χ2v) is 7.10. The summed E-state index contributed by atoms with van der Waals surface area (Å²) in [4.78, 5) is 12.1. The zero-order chi connectivity index (χ0) is 16.4. The van der Waals surface area contributed by atoms with Gasteiger partial charge in [0.25, 0.3) is 0 Å². The van der Waals surface area contributed by atoms with Crippen molar-refractivity contribution >= 4 is 5.97 Å². The molecule has 0 bridgehead atoms. The number of carboxylic acid groups (broad SMARTS) is 1. The predicted molar refractivity (Wildman–Crippen MR) is 88.7 cm³/mol. The molecular weight excluding hydrogens is 276 g/mol.